The highest BCUT2D eigenvalue weighted by atomic mass is 16.5. The van der Waals surface area contributed by atoms with Crippen LogP contribution >= 0.6 is 0 Å². The fourth-order valence-corrected chi connectivity index (χ4v) is 3.66. The predicted molar refractivity (Wildman–Crippen MR) is 113 cm³/mol. The molecule has 3 aromatic rings. The maximum atomic E-state index is 13.4. The number of likely N-dealkylation sites (N-methyl/N-ethyl adjacent to an activating group) is 1. The normalized spacial score (nSPS) is 18.1. The number of amides is 1. The molecule has 1 unspecified atom stereocenters. The molecule has 1 atom stereocenters. The molecule has 0 spiro atoms. The molecule has 0 aliphatic carbocycles. The number of ether oxygens (including phenoxy) is 1. The van der Waals surface area contributed by atoms with Crippen molar-refractivity contribution in [3.05, 3.63) is 83.7 Å². The van der Waals surface area contributed by atoms with E-state index in [2.05, 4.69) is 16.0 Å². The number of methoxy groups -OCH3 is 1. The van der Waals surface area contributed by atoms with Gasteiger partial charge in [-0.3, -0.25) is 14.7 Å². The molecule has 0 saturated heterocycles. The molecule has 1 aliphatic rings. The van der Waals surface area contributed by atoms with Gasteiger partial charge in [0.15, 0.2) is 11.5 Å². The summed E-state index contributed by atoms with van der Waals surface area (Å²) in [5, 5.41) is 9.54. The van der Waals surface area contributed by atoms with Crippen molar-refractivity contribution in [3.63, 3.8) is 0 Å². The molecule has 2 N–H and O–H groups in total. The second-order valence-electron chi connectivity index (χ2n) is 6.89. The van der Waals surface area contributed by atoms with Gasteiger partial charge in [-0.2, -0.15) is 5.26 Å². The van der Waals surface area contributed by atoms with Gasteiger partial charge in [0.2, 0.25) is 0 Å². The summed E-state index contributed by atoms with van der Waals surface area (Å²) in [7, 11) is 3.08. The minimum Gasteiger partial charge on any atom is -0.495 e. The first-order chi connectivity index (χ1) is 14.5. The largest absolute Gasteiger partial charge is 0.495 e. The lowest BCUT2D eigenvalue weighted by Crippen LogP contribution is -2.41. The number of hydrogen-bond acceptors (Lipinski definition) is 6. The van der Waals surface area contributed by atoms with E-state index in [0.717, 1.165) is 11.1 Å². The van der Waals surface area contributed by atoms with Gasteiger partial charge in [-0.1, -0.05) is 30.3 Å². The van der Waals surface area contributed by atoms with Gasteiger partial charge < -0.3 is 10.5 Å². The Morgan fingerprint density at radius 3 is 2.50 bits per heavy atom. The lowest BCUT2D eigenvalue weighted by atomic mass is 9.81. The van der Waals surface area contributed by atoms with Gasteiger partial charge in [0.05, 0.1) is 12.7 Å². The van der Waals surface area contributed by atoms with Crippen molar-refractivity contribution in [1.82, 2.24) is 9.88 Å². The SMILES string of the molecule is COc1ccc(C2(c3cccc(-c4cccnc4)c3)N=C(N)N(C)C2=O)cc1C#N. The van der Waals surface area contributed by atoms with Crippen molar-refractivity contribution in [3.8, 4) is 22.9 Å². The van der Waals surface area contributed by atoms with Crippen LogP contribution in [0.25, 0.3) is 11.1 Å². The molecule has 0 fully saturated rings. The molecule has 4 rings (SSSR count). The Kier molecular flexibility index (Phi) is 4.68. The fraction of sp³-hybridized carbons (Fsp3) is 0.130. The number of nitrogens with two attached hydrogens (primary N) is 1. The second kappa shape index (κ2) is 7.33. The summed E-state index contributed by atoms with van der Waals surface area (Å²) in [6.07, 6.45) is 3.46. The van der Waals surface area contributed by atoms with Gasteiger partial charge in [-0.15, -0.1) is 0 Å². The molecule has 7 heteroatoms. The van der Waals surface area contributed by atoms with E-state index >= 15 is 0 Å². The maximum Gasteiger partial charge on any atom is 0.266 e. The van der Waals surface area contributed by atoms with Crippen LogP contribution in [0.5, 0.6) is 5.75 Å². The second-order valence-corrected chi connectivity index (χ2v) is 6.89. The Balaban J connectivity index is 1.96. The Hall–Kier alpha value is -4.18. The number of aromatic nitrogens is 1. The molecule has 1 aromatic heterocycles. The molecule has 148 valence electrons. The van der Waals surface area contributed by atoms with Gasteiger partial charge in [0.1, 0.15) is 11.8 Å². The Morgan fingerprint density at radius 2 is 1.87 bits per heavy atom. The third kappa shape index (κ3) is 2.86. The van der Waals surface area contributed by atoms with E-state index in [4.69, 9.17) is 10.5 Å². The number of carbonyl (C=O) groups excluding carboxylic acids is 1. The number of guanidine groups is 1. The Labute approximate surface area is 174 Å². The number of nitriles is 1. The standard InChI is InChI=1S/C23H19N5O2/c1-28-21(29)23(27-22(28)25,19-8-9-20(30-2)17(12-19)13-24)18-7-3-5-15(11-18)16-6-4-10-26-14-16/h3-12,14H,1-2H3,(H2,25,27). The Bertz CT molecular complexity index is 1200. The predicted octanol–water partition coefficient (Wildman–Crippen LogP) is 2.66. The zero-order valence-electron chi connectivity index (χ0n) is 16.5. The van der Waals surface area contributed by atoms with Gasteiger partial charge in [0.25, 0.3) is 5.91 Å². The molecular weight excluding hydrogens is 378 g/mol. The van der Waals surface area contributed by atoms with Crippen LogP contribution in [-0.2, 0) is 10.3 Å². The van der Waals surface area contributed by atoms with E-state index in [-0.39, 0.29) is 11.9 Å². The molecule has 0 bridgehead atoms. The summed E-state index contributed by atoms with van der Waals surface area (Å²) in [5.74, 6) is 0.245. The van der Waals surface area contributed by atoms with Crippen LogP contribution in [0.3, 0.4) is 0 Å². The van der Waals surface area contributed by atoms with Gasteiger partial charge in [0, 0.05) is 19.4 Å². The number of carbonyl (C=O) groups is 1. The van der Waals surface area contributed by atoms with Crippen molar-refractivity contribution in [2.75, 3.05) is 14.2 Å². The number of aliphatic imine (C=N–C) groups is 1. The van der Waals surface area contributed by atoms with E-state index in [1.807, 2.05) is 36.4 Å². The van der Waals surface area contributed by atoms with E-state index < -0.39 is 5.54 Å². The van der Waals surface area contributed by atoms with Gasteiger partial charge in [-0.05, 0) is 46.5 Å². The number of rotatable bonds is 4. The van der Waals surface area contributed by atoms with Crippen LogP contribution in [0.15, 0.2) is 72.0 Å². The molecule has 2 aromatic carbocycles. The lowest BCUT2D eigenvalue weighted by molar-refractivity contribution is -0.129. The summed E-state index contributed by atoms with van der Waals surface area (Å²) in [6.45, 7) is 0. The molecule has 1 aliphatic heterocycles. The van der Waals surface area contributed by atoms with Crippen molar-refractivity contribution in [2.45, 2.75) is 5.54 Å². The number of benzene rings is 2. The van der Waals surface area contributed by atoms with Crippen LogP contribution < -0.4 is 10.5 Å². The topological polar surface area (TPSA) is 105 Å². The lowest BCUT2D eigenvalue weighted by Gasteiger charge is -2.27. The van der Waals surface area contributed by atoms with Crippen LogP contribution in [-0.4, -0.2) is 35.9 Å². The minimum atomic E-state index is -1.39. The highest BCUT2D eigenvalue weighted by molar-refractivity contribution is 6.09. The van der Waals surface area contributed by atoms with Crippen molar-refractivity contribution < 1.29 is 9.53 Å². The highest BCUT2D eigenvalue weighted by Crippen LogP contribution is 2.41. The third-order valence-corrected chi connectivity index (χ3v) is 5.25. The smallest absolute Gasteiger partial charge is 0.266 e. The first-order valence-electron chi connectivity index (χ1n) is 9.24. The van der Waals surface area contributed by atoms with Gasteiger partial charge >= 0.3 is 0 Å². The van der Waals surface area contributed by atoms with E-state index in [1.165, 1.54) is 12.0 Å². The summed E-state index contributed by atoms with van der Waals surface area (Å²) in [6, 6.07) is 18.5. The first-order valence-corrected chi connectivity index (χ1v) is 9.24. The molecule has 2 heterocycles. The Morgan fingerprint density at radius 1 is 1.10 bits per heavy atom. The summed E-state index contributed by atoms with van der Waals surface area (Å²) in [4.78, 5) is 23.5. The van der Waals surface area contributed by atoms with Crippen LogP contribution in [0.1, 0.15) is 16.7 Å². The fourth-order valence-electron chi connectivity index (χ4n) is 3.66. The van der Waals surface area contributed by atoms with Crippen molar-refractivity contribution in [2.24, 2.45) is 10.7 Å². The summed E-state index contributed by atoms with van der Waals surface area (Å²) < 4.78 is 5.25. The summed E-state index contributed by atoms with van der Waals surface area (Å²) in [5.41, 5.74) is 7.97. The number of nitrogens with zero attached hydrogens (tertiary/aromatic N) is 4. The van der Waals surface area contributed by atoms with Crippen LogP contribution in [0, 0.1) is 11.3 Å². The quantitative estimate of drug-likeness (QED) is 0.729. The first kappa shape index (κ1) is 19.2. The number of pyridine rings is 1. The molecule has 0 saturated carbocycles. The van der Waals surface area contributed by atoms with E-state index in [1.54, 1.807) is 37.6 Å². The molecular formula is C23H19N5O2. The van der Waals surface area contributed by atoms with Gasteiger partial charge in [-0.25, -0.2) is 4.99 Å². The van der Waals surface area contributed by atoms with Crippen LogP contribution in [0.4, 0.5) is 0 Å². The molecule has 1 amide bonds. The zero-order chi connectivity index (χ0) is 21.3. The van der Waals surface area contributed by atoms with Crippen molar-refractivity contribution in [1.29, 1.82) is 5.26 Å². The maximum absolute atomic E-state index is 13.4. The zero-order valence-corrected chi connectivity index (χ0v) is 16.5. The van der Waals surface area contributed by atoms with E-state index in [9.17, 15) is 10.1 Å². The van der Waals surface area contributed by atoms with Crippen molar-refractivity contribution >= 4 is 11.9 Å². The minimum absolute atomic E-state index is 0.112. The molecule has 0 radical (unpaired) electrons. The number of hydrogen-bond donors (Lipinski definition) is 1. The third-order valence-electron chi connectivity index (χ3n) is 5.25. The average Bonchev–Trinajstić information content (AvgIpc) is 3.04. The van der Waals surface area contributed by atoms with Crippen LogP contribution in [0.2, 0.25) is 0 Å². The average molecular weight is 397 g/mol. The monoisotopic (exact) mass is 397 g/mol. The highest BCUT2D eigenvalue weighted by Gasteiger charge is 2.49. The molecule has 7 nitrogen and oxygen atoms in total. The van der Waals surface area contributed by atoms with E-state index in [0.29, 0.717) is 22.4 Å². The molecule has 30 heavy (non-hydrogen) atoms. The summed E-state index contributed by atoms with van der Waals surface area (Å²) >= 11 is 0.